The predicted octanol–water partition coefficient (Wildman–Crippen LogP) is 5.39. The molecule has 2 aromatic heterocycles. The van der Waals surface area contributed by atoms with Gasteiger partial charge in [-0.1, -0.05) is 44.5 Å². The van der Waals surface area contributed by atoms with Crippen LogP contribution in [-0.2, 0) is 16.4 Å². The molecule has 0 aliphatic heterocycles. The van der Waals surface area contributed by atoms with E-state index in [0.29, 0.717) is 11.3 Å². The Labute approximate surface area is 196 Å². The van der Waals surface area contributed by atoms with Crippen LogP contribution in [0.25, 0.3) is 0 Å². The number of nitrogens with one attached hydrogen (secondary N) is 1. The van der Waals surface area contributed by atoms with Gasteiger partial charge in [0.1, 0.15) is 11.3 Å². The Balaban J connectivity index is 1.99. The van der Waals surface area contributed by atoms with Gasteiger partial charge < -0.3 is 4.74 Å². The molecule has 1 atom stereocenters. The Hall–Kier alpha value is -3.13. The van der Waals surface area contributed by atoms with Crippen LogP contribution in [0.4, 0.5) is 4.39 Å². The molecule has 1 amide bonds. The van der Waals surface area contributed by atoms with Crippen LogP contribution in [0.3, 0.4) is 0 Å². The number of nitrogens with zero attached hydrogens (tertiary/aromatic N) is 2. The molecular weight excluding hydrogens is 441 g/mol. The highest BCUT2D eigenvalue weighted by molar-refractivity contribution is 7.83. The number of hydrogen-bond acceptors (Lipinski definition) is 5. The summed E-state index contributed by atoms with van der Waals surface area (Å²) < 4.78 is 34.9. The van der Waals surface area contributed by atoms with Gasteiger partial charge in [0.2, 0.25) is 11.8 Å². The van der Waals surface area contributed by atoms with Crippen molar-refractivity contribution in [3.63, 3.8) is 0 Å². The van der Waals surface area contributed by atoms with E-state index in [1.165, 1.54) is 12.1 Å². The molecule has 6 nitrogen and oxygen atoms in total. The molecule has 8 heteroatoms. The van der Waals surface area contributed by atoms with Crippen molar-refractivity contribution >= 4 is 16.9 Å². The first-order valence-electron chi connectivity index (χ1n) is 10.5. The van der Waals surface area contributed by atoms with Crippen molar-refractivity contribution in [2.75, 3.05) is 0 Å². The molecule has 2 heterocycles. The van der Waals surface area contributed by atoms with Gasteiger partial charge in [-0.25, -0.2) is 14.2 Å². The molecule has 0 bridgehead atoms. The van der Waals surface area contributed by atoms with Crippen LogP contribution >= 0.6 is 0 Å². The van der Waals surface area contributed by atoms with Crippen LogP contribution in [-0.4, -0.2) is 20.1 Å². The largest absolute Gasteiger partial charge is 0.438 e. The summed E-state index contributed by atoms with van der Waals surface area (Å²) >= 11 is 0. The first-order chi connectivity index (χ1) is 15.4. The van der Waals surface area contributed by atoms with Gasteiger partial charge in [0, 0.05) is 16.7 Å². The van der Waals surface area contributed by atoms with E-state index >= 15 is 0 Å². The van der Waals surface area contributed by atoms with Gasteiger partial charge in [0.25, 0.3) is 5.91 Å². The smallest absolute Gasteiger partial charge is 0.268 e. The maximum atomic E-state index is 13.8. The lowest BCUT2D eigenvalue weighted by atomic mass is 9.91. The fourth-order valence-corrected chi connectivity index (χ4v) is 4.05. The zero-order chi connectivity index (χ0) is 24.5. The summed E-state index contributed by atoms with van der Waals surface area (Å²) in [6.07, 6.45) is 0. The second-order valence-corrected chi connectivity index (χ2v) is 10.2. The molecule has 0 aliphatic rings. The monoisotopic (exact) mass is 469 g/mol. The lowest BCUT2D eigenvalue weighted by Gasteiger charge is -2.21. The van der Waals surface area contributed by atoms with E-state index in [2.05, 4.69) is 14.7 Å². The number of carbonyl (C=O) groups is 1. The summed E-state index contributed by atoms with van der Waals surface area (Å²) in [7, 11) is -2.06. The third-order valence-corrected chi connectivity index (χ3v) is 6.04. The average Bonchev–Trinajstić information content (AvgIpc) is 2.71. The highest BCUT2D eigenvalue weighted by Gasteiger charge is 2.24. The molecule has 0 radical (unpaired) electrons. The molecule has 0 saturated heterocycles. The van der Waals surface area contributed by atoms with Crippen LogP contribution in [0.1, 0.15) is 59.1 Å². The summed E-state index contributed by atoms with van der Waals surface area (Å²) in [5.74, 6) is -0.686. The van der Waals surface area contributed by atoms with Crippen molar-refractivity contribution in [2.45, 2.75) is 58.9 Å². The predicted molar refractivity (Wildman–Crippen MR) is 126 cm³/mol. The minimum atomic E-state index is -2.06. The van der Waals surface area contributed by atoms with E-state index in [0.717, 1.165) is 22.4 Å². The fraction of sp³-hybridized carbons (Fsp3) is 0.320. The Morgan fingerprint density at radius 3 is 2.18 bits per heavy atom. The Kier molecular flexibility index (Phi) is 6.97. The molecule has 1 aromatic carbocycles. The van der Waals surface area contributed by atoms with E-state index < -0.39 is 22.8 Å². The number of aromatic nitrogens is 2. The van der Waals surface area contributed by atoms with Crippen LogP contribution in [0.2, 0.25) is 0 Å². The Bertz CT molecular complexity index is 1230. The number of amides is 1. The lowest BCUT2D eigenvalue weighted by Crippen LogP contribution is -2.27. The third-order valence-electron chi connectivity index (χ3n) is 5.06. The molecule has 0 aliphatic carbocycles. The summed E-state index contributed by atoms with van der Waals surface area (Å²) in [5.41, 5.74) is 3.80. The van der Waals surface area contributed by atoms with Crippen LogP contribution in [0.5, 0.6) is 11.6 Å². The van der Waals surface area contributed by atoms with Gasteiger partial charge in [-0.2, -0.15) is 4.39 Å². The number of benzene rings is 1. The van der Waals surface area contributed by atoms with Crippen LogP contribution in [0, 0.1) is 33.6 Å². The number of aryl methyl sites for hydroxylation is 4. The minimum Gasteiger partial charge on any atom is -0.438 e. The highest BCUT2D eigenvalue weighted by atomic mass is 32.2. The SMILES string of the molecule is Cc1cc(C)c(Oc2nc(C(C)(C)C)ccc2C(=O)NS(=O)c2ccc(C)c(F)n2)c(C)c1. The van der Waals surface area contributed by atoms with E-state index in [1.807, 2.05) is 53.7 Å². The van der Waals surface area contributed by atoms with Crippen molar-refractivity contribution < 1.29 is 18.1 Å². The van der Waals surface area contributed by atoms with Gasteiger partial charge in [-0.15, -0.1) is 0 Å². The molecule has 33 heavy (non-hydrogen) atoms. The summed E-state index contributed by atoms with van der Waals surface area (Å²) in [6.45, 7) is 13.4. The lowest BCUT2D eigenvalue weighted by molar-refractivity contribution is 0.0979. The number of halogens is 1. The van der Waals surface area contributed by atoms with Gasteiger partial charge in [0.15, 0.2) is 16.0 Å². The van der Waals surface area contributed by atoms with Crippen molar-refractivity contribution in [3.8, 4) is 11.6 Å². The van der Waals surface area contributed by atoms with Crippen molar-refractivity contribution in [1.82, 2.24) is 14.7 Å². The third kappa shape index (κ3) is 5.63. The molecule has 0 saturated carbocycles. The normalized spacial score (nSPS) is 12.4. The molecule has 0 fully saturated rings. The standard InChI is InChI=1S/C25H28FN3O3S/c1-14-12-16(3)21(17(4)13-14)32-24-18(9-10-19(27-24)25(5,6)7)23(30)29-33(31)20-11-8-15(2)22(26)28-20/h8-13H,1-7H3,(H,29,30). The van der Waals surface area contributed by atoms with Crippen LogP contribution in [0.15, 0.2) is 41.4 Å². The first-order valence-corrected chi connectivity index (χ1v) is 11.6. The molecular formula is C25H28FN3O3S. The topological polar surface area (TPSA) is 81.2 Å². The number of carbonyl (C=O) groups excluding carboxylic acids is 1. The van der Waals surface area contributed by atoms with Gasteiger partial charge in [0.05, 0.1) is 0 Å². The van der Waals surface area contributed by atoms with Crippen molar-refractivity contribution in [1.29, 1.82) is 0 Å². The second-order valence-electron chi connectivity index (χ2n) is 9.09. The summed E-state index contributed by atoms with van der Waals surface area (Å²) in [4.78, 5) is 21.3. The summed E-state index contributed by atoms with van der Waals surface area (Å²) in [6, 6.07) is 10.2. The summed E-state index contributed by atoms with van der Waals surface area (Å²) in [5, 5.41) is -0.0848. The van der Waals surface area contributed by atoms with E-state index in [-0.39, 0.29) is 21.9 Å². The van der Waals surface area contributed by atoms with Crippen molar-refractivity contribution in [2.24, 2.45) is 0 Å². The van der Waals surface area contributed by atoms with Gasteiger partial charge >= 0.3 is 0 Å². The van der Waals surface area contributed by atoms with Gasteiger partial charge in [-0.05, 0) is 57.0 Å². The molecule has 1 unspecified atom stereocenters. The van der Waals surface area contributed by atoms with Crippen LogP contribution < -0.4 is 9.46 Å². The molecule has 1 N–H and O–H groups in total. The van der Waals surface area contributed by atoms with Crippen molar-refractivity contribution in [3.05, 3.63) is 75.9 Å². The highest BCUT2D eigenvalue weighted by Crippen LogP contribution is 2.32. The minimum absolute atomic E-state index is 0.0848. The first kappa shape index (κ1) is 24.5. The Morgan fingerprint density at radius 1 is 0.970 bits per heavy atom. The molecule has 0 spiro atoms. The molecule has 3 rings (SSSR count). The molecule has 174 valence electrons. The molecule has 3 aromatic rings. The number of ether oxygens (including phenoxy) is 1. The second kappa shape index (κ2) is 9.39. The number of hydrogen-bond donors (Lipinski definition) is 1. The van der Waals surface area contributed by atoms with E-state index in [9.17, 15) is 13.4 Å². The number of pyridine rings is 2. The van der Waals surface area contributed by atoms with E-state index in [4.69, 9.17) is 4.74 Å². The fourth-order valence-electron chi connectivity index (χ4n) is 3.32. The average molecular weight is 470 g/mol. The number of rotatable bonds is 5. The Morgan fingerprint density at radius 2 is 1.61 bits per heavy atom. The van der Waals surface area contributed by atoms with Gasteiger partial charge in [-0.3, -0.25) is 9.52 Å². The van der Waals surface area contributed by atoms with E-state index in [1.54, 1.807) is 19.1 Å². The zero-order valence-corrected chi connectivity index (χ0v) is 20.7. The quantitative estimate of drug-likeness (QED) is 0.507. The zero-order valence-electron chi connectivity index (χ0n) is 19.9. The maximum absolute atomic E-state index is 13.8. The maximum Gasteiger partial charge on any atom is 0.268 e.